The van der Waals surface area contributed by atoms with E-state index in [4.69, 9.17) is 4.42 Å². The minimum atomic E-state index is 0.700. The summed E-state index contributed by atoms with van der Waals surface area (Å²) in [4.78, 5) is 0. The van der Waals surface area contributed by atoms with Crippen molar-refractivity contribution in [2.75, 3.05) is 0 Å². The molecule has 2 aromatic rings. The Bertz CT molecular complexity index is 587. The van der Waals surface area contributed by atoms with Crippen molar-refractivity contribution < 1.29 is 4.42 Å². The van der Waals surface area contributed by atoms with Crippen LogP contribution < -0.4 is 10.6 Å². The van der Waals surface area contributed by atoms with Gasteiger partial charge in [0.2, 0.25) is 0 Å². The molecule has 1 heterocycles. The number of hydrogen-bond donors (Lipinski definition) is 0. The van der Waals surface area contributed by atoms with E-state index in [0.29, 0.717) is 5.42 Å². The fourth-order valence-electron chi connectivity index (χ4n) is 1.57. The second-order valence-corrected chi connectivity index (χ2v) is 3.34. The van der Waals surface area contributed by atoms with Gasteiger partial charge in [-0.15, -0.1) is 0 Å². The summed E-state index contributed by atoms with van der Waals surface area (Å²) in [5.74, 6) is 0. The van der Waals surface area contributed by atoms with Crippen LogP contribution in [0.4, 0.5) is 0 Å². The van der Waals surface area contributed by atoms with Gasteiger partial charge in [0.05, 0.1) is 0 Å². The normalized spacial score (nSPS) is 12.2. The third-order valence-electron chi connectivity index (χ3n) is 2.25. The molecule has 70 valence electrons. The van der Waals surface area contributed by atoms with Crippen LogP contribution in [0.1, 0.15) is 5.56 Å². The van der Waals surface area contributed by atoms with Crippen molar-refractivity contribution in [2.24, 2.45) is 0 Å². The van der Waals surface area contributed by atoms with Gasteiger partial charge in [-0.25, -0.2) is 0 Å². The van der Waals surface area contributed by atoms with Gasteiger partial charge >= 0.3 is 0 Å². The Labute approximate surface area is 82.7 Å². The Morgan fingerprint density at radius 2 is 2.14 bits per heavy atom. The molecule has 0 aliphatic carbocycles. The van der Waals surface area contributed by atoms with Gasteiger partial charge in [0.25, 0.3) is 0 Å². The Kier molecular flexibility index (Phi) is 2.01. The SMILES string of the molecule is C=C/C=c1\c(=C)oc2cc(C)ccc12. The maximum atomic E-state index is 5.54. The van der Waals surface area contributed by atoms with E-state index in [2.05, 4.69) is 25.3 Å². The second kappa shape index (κ2) is 3.18. The smallest absolute Gasteiger partial charge is 0.135 e. The third kappa shape index (κ3) is 1.27. The van der Waals surface area contributed by atoms with Crippen LogP contribution >= 0.6 is 0 Å². The topological polar surface area (TPSA) is 13.1 Å². The first-order chi connectivity index (χ1) is 6.72. The van der Waals surface area contributed by atoms with Crippen molar-refractivity contribution in [3.63, 3.8) is 0 Å². The Hall–Kier alpha value is -1.76. The largest absolute Gasteiger partial charge is 0.457 e. The zero-order valence-electron chi connectivity index (χ0n) is 8.21. The molecule has 0 spiro atoms. The van der Waals surface area contributed by atoms with Crippen LogP contribution in [0.15, 0.2) is 35.3 Å². The van der Waals surface area contributed by atoms with Crippen molar-refractivity contribution in [1.29, 1.82) is 0 Å². The molecule has 1 aromatic carbocycles. The molecule has 0 N–H and O–H groups in total. The van der Waals surface area contributed by atoms with Crippen molar-refractivity contribution in [3.05, 3.63) is 47.1 Å². The molecule has 1 heteroatoms. The number of aryl methyl sites for hydroxylation is 1. The fraction of sp³-hybridized carbons (Fsp3) is 0.0769. The second-order valence-electron chi connectivity index (χ2n) is 3.34. The number of benzene rings is 1. The van der Waals surface area contributed by atoms with Gasteiger partial charge in [-0.1, -0.05) is 37.4 Å². The average Bonchev–Trinajstić information content (AvgIpc) is 2.43. The highest BCUT2D eigenvalue weighted by Gasteiger charge is 2.00. The maximum absolute atomic E-state index is 5.54. The molecule has 0 atom stereocenters. The summed E-state index contributed by atoms with van der Waals surface area (Å²) in [6, 6.07) is 6.14. The molecule has 0 unspecified atom stereocenters. The molecule has 0 radical (unpaired) electrons. The number of hydrogen-bond acceptors (Lipinski definition) is 1. The van der Waals surface area contributed by atoms with E-state index in [0.717, 1.165) is 16.2 Å². The molecule has 14 heavy (non-hydrogen) atoms. The number of fused-ring (bicyclic) bond motifs is 1. The van der Waals surface area contributed by atoms with Crippen LogP contribution in [0.2, 0.25) is 0 Å². The molecule has 1 nitrogen and oxygen atoms in total. The van der Waals surface area contributed by atoms with E-state index in [-0.39, 0.29) is 0 Å². The molecule has 0 amide bonds. The molecule has 0 saturated carbocycles. The monoisotopic (exact) mass is 184 g/mol. The van der Waals surface area contributed by atoms with Crippen molar-refractivity contribution >= 4 is 23.6 Å². The van der Waals surface area contributed by atoms with Crippen LogP contribution in [-0.4, -0.2) is 0 Å². The highest BCUT2D eigenvalue weighted by atomic mass is 16.3. The Morgan fingerprint density at radius 1 is 1.36 bits per heavy atom. The van der Waals surface area contributed by atoms with Crippen LogP contribution in [0.5, 0.6) is 0 Å². The van der Waals surface area contributed by atoms with Gasteiger partial charge in [-0.05, 0) is 18.6 Å². The molecular weight excluding hydrogens is 172 g/mol. The van der Waals surface area contributed by atoms with Gasteiger partial charge in [0.1, 0.15) is 11.0 Å². The minimum absolute atomic E-state index is 0.700. The summed E-state index contributed by atoms with van der Waals surface area (Å²) in [7, 11) is 0. The van der Waals surface area contributed by atoms with Gasteiger partial charge in [0.15, 0.2) is 0 Å². The number of allylic oxidation sites excluding steroid dienone is 1. The van der Waals surface area contributed by atoms with Crippen LogP contribution in [0.25, 0.3) is 23.6 Å². The summed E-state index contributed by atoms with van der Waals surface area (Å²) in [6.45, 7) is 9.58. The molecule has 0 aliphatic rings. The van der Waals surface area contributed by atoms with E-state index in [1.54, 1.807) is 6.08 Å². The first-order valence-electron chi connectivity index (χ1n) is 4.53. The van der Waals surface area contributed by atoms with Crippen LogP contribution in [0, 0.1) is 6.92 Å². The van der Waals surface area contributed by atoms with Crippen molar-refractivity contribution in [3.8, 4) is 0 Å². The predicted molar refractivity (Wildman–Crippen MR) is 60.4 cm³/mol. The summed E-state index contributed by atoms with van der Waals surface area (Å²) >= 11 is 0. The van der Waals surface area contributed by atoms with E-state index in [9.17, 15) is 0 Å². The molecule has 0 bridgehead atoms. The number of furan rings is 1. The van der Waals surface area contributed by atoms with Gasteiger partial charge in [-0.3, -0.25) is 0 Å². The summed E-state index contributed by atoms with van der Waals surface area (Å²) in [5, 5.41) is 2.12. The summed E-state index contributed by atoms with van der Waals surface area (Å²) in [6.07, 6.45) is 3.67. The minimum Gasteiger partial charge on any atom is -0.457 e. The fourth-order valence-corrected chi connectivity index (χ4v) is 1.57. The van der Waals surface area contributed by atoms with Crippen LogP contribution in [-0.2, 0) is 0 Å². The van der Waals surface area contributed by atoms with Crippen molar-refractivity contribution in [1.82, 2.24) is 0 Å². The molecule has 2 rings (SSSR count). The lowest BCUT2D eigenvalue weighted by Crippen LogP contribution is -2.17. The van der Waals surface area contributed by atoms with E-state index in [1.165, 1.54) is 5.56 Å². The van der Waals surface area contributed by atoms with E-state index < -0.39 is 0 Å². The standard InChI is InChI=1S/C13H12O/c1-4-5-11-10(3)14-13-8-9(2)6-7-12(11)13/h4-8H,1,3H2,2H3/b11-5+. The van der Waals surface area contributed by atoms with Crippen molar-refractivity contribution in [2.45, 2.75) is 6.92 Å². The Morgan fingerprint density at radius 3 is 2.86 bits per heavy atom. The van der Waals surface area contributed by atoms with Gasteiger partial charge in [0, 0.05) is 10.6 Å². The maximum Gasteiger partial charge on any atom is 0.135 e. The highest BCUT2D eigenvalue weighted by Crippen LogP contribution is 2.10. The van der Waals surface area contributed by atoms with Gasteiger partial charge < -0.3 is 4.42 Å². The molecule has 0 saturated heterocycles. The molecular formula is C13H12O. The highest BCUT2D eigenvalue weighted by molar-refractivity contribution is 5.79. The average molecular weight is 184 g/mol. The lowest BCUT2D eigenvalue weighted by molar-refractivity contribution is 0.577. The summed E-state index contributed by atoms with van der Waals surface area (Å²) in [5.41, 5.74) is 2.78. The summed E-state index contributed by atoms with van der Waals surface area (Å²) < 4.78 is 5.54. The Balaban J connectivity index is 2.98. The zero-order chi connectivity index (χ0) is 10.1. The molecule has 1 aromatic heterocycles. The first-order valence-corrected chi connectivity index (χ1v) is 4.53. The third-order valence-corrected chi connectivity index (χ3v) is 2.25. The van der Waals surface area contributed by atoms with E-state index in [1.807, 2.05) is 19.1 Å². The quantitative estimate of drug-likeness (QED) is 0.661. The molecule has 0 aliphatic heterocycles. The first kappa shape index (κ1) is 8.82. The lowest BCUT2D eigenvalue weighted by Gasteiger charge is -1.89. The lowest BCUT2D eigenvalue weighted by atomic mass is 10.1. The van der Waals surface area contributed by atoms with E-state index >= 15 is 0 Å². The van der Waals surface area contributed by atoms with Gasteiger partial charge in [-0.2, -0.15) is 0 Å². The van der Waals surface area contributed by atoms with Crippen LogP contribution in [0.3, 0.4) is 0 Å². The predicted octanol–water partition coefficient (Wildman–Crippen LogP) is 2.12. The number of rotatable bonds is 1. The molecule has 0 fully saturated rings. The zero-order valence-corrected chi connectivity index (χ0v) is 8.21.